The lowest BCUT2D eigenvalue weighted by Crippen LogP contribution is -2.52. The van der Waals surface area contributed by atoms with Crippen LogP contribution in [0.2, 0.25) is 0 Å². The Balaban J connectivity index is 2.61. The van der Waals surface area contributed by atoms with Gasteiger partial charge in [0.2, 0.25) is 11.8 Å². The minimum atomic E-state index is -1.28. The average molecular weight is 550 g/mol. The van der Waals surface area contributed by atoms with Crippen molar-refractivity contribution in [3.8, 4) is 6.07 Å². The molecular formula is C30H39N5O5. The maximum atomic E-state index is 14.0. The van der Waals surface area contributed by atoms with Gasteiger partial charge in [-0.15, -0.1) is 0 Å². The molecule has 2 atom stereocenters. The summed E-state index contributed by atoms with van der Waals surface area (Å²) in [6.45, 7) is 12.0. The van der Waals surface area contributed by atoms with Gasteiger partial charge in [0, 0.05) is 12.1 Å². The molecule has 10 heteroatoms. The number of carbonyl (C=O) groups excluding carboxylic acids is 4. The predicted molar refractivity (Wildman–Crippen MR) is 152 cm³/mol. The van der Waals surface area contributed by atoms with Gasteiger partial charge in [-0.3, -0.25) is 14.4 Å². The van der Waals surface area contributed by atoms with Crippen LogP contribution in [0.5, 0.6) is 0 Å². The fourth-order valence-electron chi connectivity index (χ4n) is 4.35. The van der Waals surface area contributed by atoms with Gasteiger partial charge in [-0.05, 0) is 77.1 Å². The van der Waals surface area contributed by atoms with Crippen LogP contribution < -0.4 is 16.4 Å². The Morgan fingerprint density at radius 3 is 2.17 bits per heavy atom. The minimum Gasteiger partial charge on any atom is -0.444 e. The predicted octanol–water partition coefficient (Wildman–Crippen LogP) is 4.11. The number of alkyl carbamates (subject to hydrolysis) is 1. The second-order valence-electron chi connectivity index (χ2n) is 10.8. The topological polar surface area (TPSA) is 155 Å². The van der Waals surface area contributed by atoms with E-state index in [1.54, 1.807) is 26.8 Å². The fraction of sp³-hybridized carbons (Fsp3) is 0.433. The summed E-state index contributed by atoms with van der Waals surface area (Å²) in [5.74, 6) is -1.93. The van der Waals surface area contributed by atoms with E-state index in [9.17, 15) is 24.4 Å². The number of aryl methyl sites for hydroxylation is 4. The number of nitrogens with zero attached hydrogens (tertiary/aromatic N) is 2. The molecule has 2 rings (SSSR count). The molecule has 2 aromatic carbocycles. The number of nitrogens with two attached hydrogens (primary N) is 1. The number of ether oxygens (including phenoxy) is 1. The third-order valence-electron chi connectivity index (χ3n) is 6.20. The van der Waals surface area contributed by atoms with E-state index >= 15 is 0 Å². The molecule has 0 saturated carbocycles. The number of para-hydroxylation sites is 1. The van der Waals surface area contributed by atoms with Gasteiger partial charge in [0.1, 0.15) is 24.2 Å². The molecule has 0 saturated heterocycles. The van der Waals surface area contributed by atoms with Crippen molar-refractivity contribution in [3.05, 3.63) is 64.2 Å². The first-order chi connectivity index (χ1) is 18.6. The Morgan fingerprint density at radius 1 is 1.02 bits per heavy atom. The highest BCUT2D eigenvalue weighted by molar-refractivity contribution is 6.00. The summed E-state index contributed by atoms with van der Waals surface area (Å²) < 4.78 is 5.31. The Morgan fingerprint density at radius 2 is 1.65 bits per heavy atom. The van der Waals surface area contributed by atoms with Crippen LogP contribution >= 0.6 is 0 Å². The molecule has 2 aromatic rings. The van der Waals surface area contributed by atoms with Gasteiger partial charge in [-0.1, -0.05) is 42.0 Å². The van der Waals surface area contributed by atoms with Crippen LogP contribution in [0.4, 0.5) is 10.5 Å². The zero-order valence-electron chi connectivity index (χ0n) is 24.3. The lowest BCUT2D eigenvalue weighted by molar-refractivity contribution is -0.140. The molecule has 214 valence electrons. The Hall–Kier alpha value is -4.39. The fourth-order valence-corrected chi connectivity index (χ4v) is 4.35. The molecule has 4 N–H and O–H groups in total. The van der Waals surface area contributed by atoms with Gasteiger partial charge >= 0.3 is 6.09 Å². The van der Waals surface area contributed by atoms with E-state index < -0.39 is 48.0 Å². The van der Waals surface area contributed by atoms with Gasteiger partial charge in [-0.25, -0.2) is 4.79 Å². The number of nitriles is 1. The van der Waals surface area contributed by atoms with Gasteiger partial charge in [0.15, 0.2) is 0 Å². The summed E-state index contributed by atoms with van der Waals surface area (Å²) in [6, 6.07) is 10.5. The SMILES string of the molecule is Cc1ccc(C(C(=O)Nc2c(C)cccc2C)N(CC#N)C(=O)C(CCC(N)=O)NC(=O)OC(C)(C)C)c(C)c1. The molecular weight excluding hydrogens is 510 g/mol. The van der Waals surface area contributed by atoms with Gasteiger partial charge in [-0.2, -0.15) is 5.26 Å². The molecule has 0 spiro atoms. The summed E-state index contributed by atoms with van der Waals surface area (Å²) in [4.78, 5) is 53.3. The van der Waals surface area contributed by atoms with Crippen molar-refractivity contribution in [1.29, 1.82) is 5.26 Å². The van der Waals surface area contributed by atoms with E-state index in [-0.39, 0.29) is 12.8 Å². The van der Waals surface area contributed by atoms with Crippen LogP contribution in [0.3, 0.4) is 0 Å². The highest BCUT2D eigenvalue weighted by Crippen LogP contribution is 2.29. The molecule has 2 unspecified atom stereocenters. The lowest BCUT2D eigenvalue weighted by Gasteiger charge is -2.33. The van der Waals surface area contributed by atoms with Crippen molar-refractivity contribution < 1.29 is 23.9 Å². The van der Waals surface area contributed by atoms with E-state index in [0.29, 0.717) is 11.3 Å². The Labute approximate surface area is 235 Å². The first kappa shape index (κ1) is 31.8. The second-order valence-corrected chi connectivity index (χ2v) is 10.8. The van der Waals surface area contributed by atoms with Crippen LogP contribution in [0, 0.1) is 39.0 Å². The van der Waals surface area contributed by atoms with E-state index in [2.05, 4.69) is 10.6 Å². The number of benzene rings is 2. The largest absolute Gasteiger partial charge is 0.444 e. The van der Waals surface area contributed by atoms with Crippen LogP contribution in [0.15, 0.2) is 36.4 Å². The average Bonchev–Trinajstić information content (AvgIpc) is 2.83. The summed E-state index contributed by atoms with van der Waals surface area (Å²) >= 11 is 0. The Bertz CT molecular complexity index is 1290. The van der Waals surface area contributed by atoms with Crippen LogP contribution in [0.25, 0.3) is 0 Å². The monoisotopic (exact) mass is 549 g/mol. The van der Waals surface area contributed by atoms with Crippen molar-refractivity contribution in [2.75, 3.05) is 11.9 Å². The highest BCUT2D eigenvalue weighted by atomic mass is 16.6. The summed E-state index contributed by atoms with van der Waals surface area (Å²) in [5, 5.41) is 15.2. The molecule has 0 bridgehead atoms. The quantitative estimate of drug-likeness (QED) is 0.379. The molecule has 0 aliphatic carbocycles. The van der Waals surface area contributed by atoms with Crippen LogP contribution in [0.1, 0.15) is 67.5 Å². The lowest BCUT2D eigenvalue weighted by atomic mass is 9.95. The number of anilines is 1. The zero-order valence-corrected chi connectivity index (χ0v) is 24.3. The molecule has 10 nitrogen and oxygen atoms in total. The summed E-state index contributed by atoms with van der Waals surface area (Å²) in [5.41, 5.74) is 8.96. The molecule has 0 fully saturated rings. The van der Waals surface area contributed by atoms with E-state index in [1.165, 1.54) is 0 Å². The zero-order chi connectivity index (χ0) is 30.2. The highest BCUT2D eigenvalue weighted by Gasteiger charge is 2.37. The second kappa shape index (κ2) is 13.6. The summed E-state index contributed by atoms with van der Waals surface area (Å²) in [7, 11) is 0. The van der Waals surface area contributed by atoms with Crippen molar-refractivity contribution in [1.82, 2.24) is 10.2 Å². The molecule has 40 heavy (non-hydrogen) atoms. The van der Waals surface area contributed by atoms with Crippen LogP contribution in [-0.4, -0.2) is 46.9 Å². The van der Waals surface area contributed by atoms with E-state index in [1.807, 2.05) is 64.1 Å². The van der Waals surface area contributed by atoms with Gasteiger partial charge in [0.05, 0.1) is 6.07 Å². The first-order valence-electron chi connectivity index (χ1n) is 13.0. The van der Waals surface area contributed by atoms with Crippen LogP contribution in [-0.2, 0) is 19.1 Å². The number of primary amides is 1. The Kier molecular flexibility index (Phi) is 10.8. The number of hydrogen-bond acceptors (Lipinski definition) is 6. The van der Waals surface area contributed by atoms with Crippen molar-refractivity contribution in [3.63, 3.8) is 0 Å². The number of amides is 4. The smallest absolute Gasteiger partial charge is 0.408 e. The maximum absolute atomic E-state index is 14.0. The third kappa shape index (κ3) is 8.83. The van der Waals surface area contributed by atoms with Crippen molar-refractivity contribution in [2.24, 2.45) is 5.73 Å². The number of rotatable bonds is 10. The standard InChI is InChI=1S/C30H39N5O5/c1-18-11-12-22(21(4)17-18)26(27(37)34-25-19(2)9-8-10-20(25)3)35(16-15-31)28(38)23(13-14-24(32)36)33-29(39)40-30(5,6)7/h8-12,17,23,26H,13-14,16H2,1-7H3,(H2,32,36)(H,33,39)(H,34,37). The van der Waals surface area contributed by atoms with E-state index in [4.69, 9.17) is 10.5 Å². The van der Waals surface area contributed by atoms with Gasteiger partial charge in [0.25, 0.3) is 5.91 Å². The first-order valence-corrected chi connectivity index (χ1v) is 13.0. The van der Waals surface area contributed by atoms with Crippen molar-refractivity contribution >= 4 is 29.5 Å². The number of hydrogen-bond donors (Lipinski definition) is 3. The van der Waals surface area contributed by atoms with E-state index in [0.717, 1.165) is 27.2 Å². The molecule has 4 amide bonds. The molecule has 0 aliphatic rings. The maximum Gasteiger partial charge on any atom is 0.408 e. The third-order valence-corrected chi connectivity index (χ3v) is 6.20. The molecule has 0 heterocycles. The number of nitrogens with one attached hydrogen (secondary N) is 2. The summed E-state index contributed by atoms with van der Waals surface area (Å²) in [6.07, 6.45) is -1.24. The number of carbonyl (C=O) groups is 4. The molecule has 0 aliphatic heterocycles. The normalized spacial score (nSPS) is 12.4. The van der Waals surface area contributed by atoms with Gasteiger partial charge < -0.3 is 26.0 Å². The minimum absolute atomic E-state index is 0.145. The molecule has 0 aromatic heterocycles. The van der Waals surface area contributed by atoms with Crippen molar-refractivity contribution in [2.45, 2.75) is 79.0 Å². The molecule has 0 radical (unpaired) electrons.